The van der Waals surface area contributed by atoms with Crippen LogP contribution in [-0.2, 0) is 0 Å². The van der Waals surface area contributed by atoms with Crippen LogP contribution in [0.3, 0.4) is 0 Å². The molecule has 0 aliphatic heterocycles. The number of hydrogen-bond donors (Lipinski definition) is 1. The third-order valence-corrected chi connectivity index (χ3v) is 3.93. The summed E-state index contributed by atoms with van der Waals surface area (Å²) in [5.41, 5.74) is 2.66. The fourth-order valence-corrected chi connectivity index (χ4v) is 2.75. The average Bonchev–Trinajstić information content (AvgIpc) is 2.90. The summed E-state index contributed by atoms with van der Waals surface area (Å²) < 4.78 is 11.1. The molecule has 0 radical (unpaired) electrons. The molecule has 1 aromatic heterocycles. The lowest BCUT2D eigenvalue weighted by Crippen LogP contribution is -2.14. The van der Waals surface area contributed by atoms with Gasteiger partial charge in [0.05, 0.1) is 12.8 Å². The third-order valence-electron chi connectivity index (χ3n) is 3.32. The number of anilines is 2. The number of rotatable bonds is 4. The predicted octanol–water partition coefficient (Wildman–Crippen LogP) is 3.35. The molecule has 0 aliphatic rings. The molecule has 0 spiro atoms. The summed E-state index contributed by atoms with van der Waals surface area (Å²) in [7, 11) is 1.58. The first-order valence-electron chi connectivity index (χ1n) is 6.75. The Morgan fingerprint density at radius 2 is 1.86 bits per heavy atom. The molecule has 0 atom stereocenters. The Bertz CT molecular complexity index is 854. The van der Waals surface area contributed by atoms with Gasteiger partial charge in [-0.05, 0) is 30.7 Å². The van der Waals surface area contributed by atoms with Crippen LogP contribution in [0.15, 0.2) is 53.3 Å². The van der Waals surface area contributed by atoms with Crippen molar-refractivity contribution in [1.29, 1.82) is 0 Å². The van der Waals surface area contributed by atoms with E-state index in [0.717, 1.165) is 22.8 Å². The summed E-state index contributed by atoms with van der Waals surface area (Å²) in [6, 6.07) is 15.2. The van der Waals surface area contributed by atoms with Gasteiger partial charge >= 0.3 is 4.87 Å². The van der Waals surface area contributed by atoms with E-state index in [9.17, 15) is 4.79 Å². The lowest BCUT2D eigenvalue weighted by Gasteiger charge is -2.12. The second kappa shape index (κ2) is 6.03. The van der Waals surface area contributed by atoms with Crippen molar-refractivity contribution >= 4 is 23.2 Å². The van der Waals surface area contributed by atoms with Crippen molar-refractivity contribution in [3.05, 3.63) is 63.8 Å². The van der Waals surface area contributed by atoms with E-state index in [-0.39, 0.29) is 4.87 Å². The number of ether oxygens (including phenoxy) is 1. The molecule has 112 valence electrons. The van der Waals surface area contributed by atoms with Crippen molar-refractivity contribution in [3.8, 4) is 11.4 Å². The van der Waals surface area contributed by atoms with E-state index in [2.05, 4.69) is 9.69 Å². The van der Waals surface area contributed by atoms with Gasteiger partial charge in [0.1, 0.15) is 5.75 Å². The minimum absolute atomic E-state index is 0.166. The van der Waals surface area contributed by atoms with Crippen molar-refractivity contribution in [1.82, 2.24) is 8.94 Å². The Balaban J connectivity index is 2.09. The summed E-state index contributed by atoms with van der Waals surface area (Å²) in [6.45, 7) is 2.00. The molecule has 0 aliphatic carbocycles. The predicted molar refractivity (Wildman–Crippen MR) is 88.7 cm³/mol. The Morgan fingerprint density at radius 1 is 1.14 bits per heavy atom. The molecule has 5 nitrogen and oxygen atoms in total. The van der Waals surface area contributed by atoms with E-state index < -0.39 is 0 Å². The van der Waals surface area contributed by atoms with E-state index in [1.807, 2.05) is 55.5 Å². The standard InChI is InChI=1S/C16H15N3O2S/c1-11-7-3-4-8-12(11)17-15-18-22-16(20)19(15)13-9-5-6-10-14(13)21-2/h3-10H,1-2H3,(H,17,18). The van der Waals surface area contributed by atoms with Crippen molar-refractivity contribution in [3.63, 3.8) is 0 Å². The van der Waals surface area contributed by atoms with E-state index in [1.54, 1.807) is 7.11 Å². The van der Waals surface area contributed by atoms with E-state index in [1.165, 1.54) is 4.57 Å². The minimum atomic E-state index is -0.166. The highest BCUT2D eigenvalue weighted by molar-refractivity contribution is 7.03. The van der Waals surface area contributed by atoms with Gasteiger partial charge in [0, 0.05) is 17.2 Å². The third kappa shape index (κ3) is 2.60. The molecular formula is C16H15N3O2S. The van der Waals surface area contributed by atoms with E-state index >= 15 is 0 Å². The van der Waals surface area contributed by atoms with Crippen LogP contribution in [0, 0.1) is 6.92 Å². The SMILES string of the molecule is COc1ccccc1-n1c(Nc2ccccc2C)nsc1=O. The van der Waals surface area contributed by atoms with Crippen LogP contribution >= 0.6 is 11.5 Å². The fourth-order valence-electron chi connectivity index (χ4n) is 2.19. The van der Waals surface area contributed by atoms with Crippen LogP contribution in [0.25, 0.3) is 5.69 Å². The first-order valence-corrected chi connectivity index (χ1v) is 7.53. The van der Waals surface area contributed by atoms with Gasteiger partial charge < -0.3 is 10.1 Å². The zero-order valence-corrected chi connectivity index (χ0v) is 13.1. The van der Waals surface area contributed by atoms with Gasteiger partial charge in [-0.3, -0.25) is 4.79 Å². The van der Waals surface area contributed by atoms with Gasteiger partial charge in [-0.1, -0.05) is 30.3 Å². The molecule has 3 aromatic rings. The molecule has 3 rings (SSSR count). The summed E-state index contributed by atoms with van der Waals surface area (Å²) in [6.07, 6.45) is 0. The Labute approximate surface area is 132 Å². The minimum Gasteiger partial charge on any atom is -0.495 e. The quantitative estimate of drug-likeness (QED) is 0.802. The zero-order chi connectivity index (χ0) is 15.5. The maximum Gasteiger partial charge on any atom is 0.332 e. The number of benzene rings is 2. The molecule has 0 fully saturated rings. The number of aryl methyl sites for hydroxylation is 1. The van der Waals surface area contributed by atoms with Crippen LogP contribution < -0.4 is 14.9 Å². The second-order valence-electron chi connectivity index (χ2n) is 4.72. The molecule has 0 saturated carbocycles. The highest BCUT2D eigenvalue weighted by atomic mass is 32.1. The van der Waals surface area contributed by atoms with E-state index in [0.29, 0.717) is 17.4 Å². The summed E-state index contributed by atoms with van der Waals surface area (Å²) in [4.78, 5) is 12.0. The first kappa shape index (κ1) is 14.3. The largest absolute Gasteiger partial charge is 0.495 e. The van der Waals surface area contributed by atoms with Crippen LogP contribution in [0.1, 0.15) is 5.56 Å². The molecule has 0 unspecified atom stereocenters. The van der Waals surface area contributed by atoms with E-state index in [4.69, 9.17) is 4.74 Å². The molecule has 0 saturated heterocycles. The van der Waals surface area contributed by atoms with Crippen molar-refractivity contribution < 1.29 is 4.74 Å². The number of methoxy groups -OCH3 is 1. The topological polar surface area (TPSA) is 56.1 Å². The molecule has 6 heteroatoms. The highest BCUT2D eigenvalue weighted by Gasteiger charge is 2.15. The average molecular weight is 313 g/mol. The molecule has 1 N–H and O–H groups in total. The van der Waals surface area contributed by atoms with Gasteiger partial charge in [0.2, 0.25) is 5.95 Å². The van der Waals surface area contributed by atoms with Gasteiger partial charge in [0.25, 0.3) is 0 Å². The first-order chi connectivity index (χ1) is 10.7. The maximum absolute atomic E-state index is 12.2. The zero-order valence-electron chi connectivity index (χ0n) is 12.2. The van der Waals surface area contributed by atoms with Gasteiger partial charge in [-0.15, -0.1) is 0 Å². The Hall–Kier alpha value is -2.60. The number of aromatic nitrogens is 2. The van der Waals surface area contributed by atoms with Gasteiger partial charge in [-0.25, -0.2) is 4.57 Å². The lowest BCUT2D eigenvalue weighted by atomic mass is 10.2. The summed E-state index contributed by atoms with van der Waals surface area (Å²) in [5.74, 6) is 1.10. The van der Waals surface area contributed by atoms with Crippen molar-refractivity contribution in [2.24, 2.45) is 0 Å². The van der Waals surface area contributed by atoms with Gasteiger partial charge in [-0.2, -0.15) is 4.37 Å². The highest BCUT2D eigenvalue weighted by Crippen LogP contribution is 2.26. The normalized spacial score (nSPS) is 10.5. The molecular weight excluding hydrogens is 298 g/mol. The number of nitrogens with one attached hydrogen (secondary N) is 1. The fraction of sp³-hybridized carbons (Fsp3) is 0.125. The molecule has 1 heterocycles. The Morgan fingerprint density at radius 3 is 2.64 bits per heavy atom. The van der Waals surface area contributed by atoms with Gasteiger partial charge in [0.15, 0.2) is 0 Å². The summed E-state index contributed by atoms with van der Waals surface area (Å²) >= 11 is 0.910. The Kier molecular flexibility index (Phi) is 3.93. The maximum atomic E-state index is 12.2. The molecule has 22 heavy (non-hydrogen) atoms. The van der Waals surface area contributed by atoms with Crippen LogP contribution in [0.4, 0.5) is 11.6 Å². The second-order valence-corrected chi connectivity index (χ2v) is 5.43. The molecule has 2 aromatic carbocycles. The number of nitrogens with zero attached hydrogens (tertiary/aromatic N) is 2. The van der Waals surface area contributed by atoms with Crippen LogP contribution in [-0.4, -0.2) is 16.1 Å². The monoisotopic (exact) mass is 313 g/mol. The van der Waals surface area contributed by atoms with Crippen LogP contribution in [0.2, 0.25) is 0 Å². The number of para-hydroxylation sites is 3. The molecule has 0 bridgehead atoms. The lowest BCUT2D eigenvalue weighted by molar-refractivity contribution is 0.413. The number of hydrogen-bond acceptors (Lipinski definition) is 5. The van der Waals surface area contributed by atoms with Crippen LogP contribution in [0.5, 0.6) is 5.75 Å². The molecule has 0 amide bonds. The summed E-state index contributed by atoms with van der Waals surface area (Å²) in [5, 5.41) is 3.22. The van der Waals surface area contributed by atoms with Crippen molar-refractivity contribution in [2.45, 2.75) is 6.92 Å². The van der Waals surface area contributed by atoms with Crippen molar-refractivity contribution in [2.75, 3.05) is 12.4 Å². The smallest absolute Gasteiger partial charge is 0.332 e.